The van der Waals surface area contributed by atoms with Gasteiger partial charge in [-0.25, -0.2) is 0 Å². The van der Waals surface area contributed by atoms with Gasteiger partial charge in [-0.1, -0.05) is 6.92 Å². The monoisotopic (exact) mass is 228 g/mol. The highest BCUT2D eigenvalue weighted by molar-refractivity contribution is 7.99. The van der Waals surface area contributed by atoms with Crippen molar-refractivity contribution in [3.05, 3.63) is 0 Å². The van der Waals surface area contributed by atoms with Crippen LogP contribution in [-0.2, 0) is 0 Å². The van der Waals surface area contributed by atoms with E-state index in [1.807, 2.05) is 0 Å². The lowest BCUT2D eigenvalue weighted by Crippen LogP contribution is -2.44. The lowest BCUT2D eigenvalue weighted by atomic mass is 10.1. The molecule has 0 saturated carbocycles. The first kappa shape index (κ1) is 11.7. The molecule has 2 rings (SSSR count). The van der Waals surface area contributed by atoms with E-state index in [1.165, 1.54) is 56.8 Å². The SMILES string of the molecule is CCC1CN(C2CCCSC2)CCCN1. The summed E-state index contributed by atoms with van der Waals surface area (Å²) in [7, 11) is 0. The zero-order valence-corrected chi connectivity index (χ0v) is 10.7. The zero-order valence-electron chi connectivity index (χ0n) is 9.87. The van der Waals surface area contributed by atoms with Crippen LogP contribution in [-0.4, -0.2) is 48.1 Å². The van der Waals surface area contributed by atoms with Crippen LogP contribution >= 0.6 is 11.8 Å². The highest BCUT2D eigenvalue weighted by Gasteiger charge is 2.24. The van der Waals surface area contributed by atoms with Crippen molar-refractivity contribution < 1.29 is 0 Å². The molecule has 88 valence electrons. The van der Waals surface area contributed by atoms with Gasteiger partial charge in [0.05, 0.1) is 0 Å². The van der Waals surface area contributed by atoms with E-state index in [0.29, 0.717) is 0 Å². The number of nitrogens with zero attached hydrogens (tertiary/aromatic N) is 1. The molecule has 0 aromatic heterocycles. The molecule has 2 heterocycles. The third-order valence-corrected chi connectivity index (χ3v) is 4.85. The standard InChI is InChI=1S/C12H24N2S/c1-2-11-9-14(7-4-6-13-11)12-5-3-8-15-10-12/h11-13H,2-10H2,1H3. The van der Waals surface area contributed by atoms with Crippen LogP contribution in [0.3, 0.4) is 0 Å². The normalized spacial score (nSPS) is 35.0. The fourth-order valence-corrected chi connectivity index (χ4v) is 3.83. The summed E-state index contributed by atoms with van der Waals surface area (Å²) < 4.78 is 0. The zero-order chi connectivity index (χ0) is 10.5. The van der Waals surface area contributed by atoms with E-state index in [9.17, 15) is 0 Å². The summed E-state index contributed by atoms with van der Waals surface area (Å²) in [5.41, 5.74) is 0. The average molecular weight is 228 g/mol. The Balaban J connectivity index is 1.87. The van der Waals surface area contributed by atoms with Crippen LogP contribution in [0.25, 0.3) is 0 Å². The Hall–Kier alpha value is 0.270. The summed E-state index contributed by atoms with van der Waals surface area (Å²) in [6.07, 6.45) is 5.47. The third-order valence-electron chi connectivity index (χ3n) is 3.66. The first-order chi connectivity index (χ1) is 7.40. The van der Waals surface area contributed by atoms with Crippen LogP contribution in [0.5, 0.6) is 0 Å². The fraction of sp³-hybridized carbons (Fsp3) is 1.00. The Bertz CT molecular complexity index is 180. The van der Waals surface area contributed by atoms with Gasteiger partial charge in [-0.3, -0.25) is 4.90 Å². The van der Waals surface area contributed by atoms with Gasteiger partial charge in [-0.2, -0.15) is 11.8 Å². The summed E-state index contributed by atoms with van der Waals surface area (Å²) in [4.78, 5) is 2.75. The second-order valence-electron chi connectivity index (χ2n) is 4.78. The molecule has 3 heteroatoms. The van der Waals surface area contributed by atoms with Crippen molar-refractivity contribution in [2.24, 2.45) is 0 Å². The maximum absolute atomic E-state index is 3.65. The second kappa shape index (κ2) is 6.12. The van der Waals surface area contributed by atoms with Crippen LogP contribution in [0.15, 0.2) is 0 Å². The van der Waals surface area contributed by atoms with Gasteiger partial charge in [-0.05, 0) is 44.5 Å². The molecule has 2 saturated heterocycles. The van der Waals surface area contributed by atoms with E-state index >= 15 is 0 Å². The molecule has 0 aromatic rings. The van der Waals surface area contributed by atoms with Crippen molar-refractivity contribution in [1.29, 1.82) is 0 Å². The maximum atomic E-state index is 3.65. The molecule has 2 aliphatic rings. The highest BCUT2D eigenvalue weighted by atomic mass is 32.2. The van der Waals surface area contributed by atoms with Crippen LogP contribution < -0.4 is 5.32 Å². The molecule has 2 nitrogen and oxygen atoms in total. The Morgan fingerprint density at radius 2 is 2.33 bits per heavy atom. The van der Waals surface area contributed by atoms with Crippen molar-refractivity contribution in [1.82, 2.24) is 10.2 Å². The Morgan fingerprint density at radius 3 is 3.07 bits per heavy atom. The van der Waals surface area contributed by atoms with E-state index in [0.717, 1.165) is 12.1 Å². The van der Waals surface area contributed by atoms with Gasteiger partial charge in [0.1, 0.15) is 0 Å². The molecule has 0 radical (unpaired) electrons. The molecule has 15 heavy (non-hydrogen) atoms. The van der Waals surface area contributed by atoms with E-state index in [4.69, 9.17) is 0 Å². The van der Waals surface area contributed by atoms with Crippen molar-refractivity contribution in [2.75, 3.05) is 31.1 Å². The molecule has 0 aliphatic carbocycles. The molecule has 2 unspecified atom stereocenters. The predicted molar refractivity (Wildman–Crippen MR) is 68.6 cm³/mol. The van der Waals surface area contributed by atoms with Gasteiger partial charge < -0.3 is 5.32 Å². The predicted octanol–water partition coefficient (Wildman–Crippen LogP) is 1.96. The molecule has 0 spiro atoms. The quantitative estimate of drug-likeness (QED) is 0.778. The van der Waals surface area contributed by atoms with Gasteiger partial charge in [0.25, 0.3) is 0 Å². The van der Waals surface area contributed by atoms with Gasteiger partial charge in [-0.15, -0.1) is 0 Å². The van der Waals surface area contributed by atoms with Gasteiger partial charge in [0, 0.05) is 24.4 Å². The number of hydrogen-bond donors (Lipinski definition) is 1. The molecule has 0 aromatic carbocycles. The summed E-state index contributed by atoms with van der Waals surface area (Å²) in [5.74, 6) is 2.76. The largest absolute Gasteiger partial charge is 0.313 e. The topological polar surface area (TPSA) is 15.3 Å². The van der Waals surface area contributed by atoms with Crippen molar-refractivity contribution >= 4 is 11.8 Å². The van der Waals surface area contributed by atoms with E-state index in [1.54, 1.807) is 0 Å². The van der Waals surface area contributed by atoms with Gasteiger partial charge in [0.15, 0.2) is 0 Å². The first-order valence-electron chi connectivity index (χ1n) is 6.45. The molecular formula is C12H24N2S. The van der Waals surface area contributed by atoms with E-state index in [2.05, 4.69) is 28.9 Å². The third kappa shape index (κ3) is 3.36. The highest BCUT2D eigenvalue weighted by Crippen LogP contribution is 2.22. The van der Waals surface area contributed by atoms with Crippen molar-refractivity contribution in [2.45, 2.75) is 44.7 Å². The summed E-state index contributed by atoms with van der Waals surface area (Å²) in [6.45, 7) is 6.11. The summed E-state index contributed by atoms with van der Waals surface area (Å²) >= 11 is 2.15. The minimum Gasteiger partial charge on any atom is -0.313 e. The van der Waals surface area contributed by atoms with Crippen LogP contribution in [0.4, 0.5) is 0 Å². The van der Waals surface area contributed by atoms with Gasteiger partial charge >= 0.3 is 0 Å². The lowest BCUT2D eigenvalue weighted by Gasteiger charge is -2.34. The number of thioether (sulfide) groups is 1. The number of nitrogens with one attached hydrogen (secondary N) is 1. The van der Waals surface area contributed by atoms with Crippen molar-refractivity contribution in [3.8, 4) is 0 Å². The fourth-order valence-electron chi connectivity index (χ4n) is 2.64. The van der Waals surface area contributed by atoms with Crippen molar-refractivity contribution in [3.63, 3.8) is 0 Å². The molecule has 0 bridgehead atoms. The minimum atomic E-state index is 0.736. The average Bonchev–Trinajstić information content (AvgIpc) is 2.55. The second-order valence-corrected chi connectivity index (χ2v) is 5.93. The molecular weight excluding hydrogens is 204 g/mol. The van der Waals surface area contributed by atoms with Crippen LogP contribution in [0.1, 0.15) is 32.6 Å². The minimum absolute atomic E-state index is 0.736. The Morgan fingerprint density at radius 1 is 1.40 bits per heavy atom. The van der Waals surface area contributed by atoms with Crippen LogP contribution in [0.2, 0.25) is 0 Å². The molecule has 2 atom stereocenters. The molecule has 2 fully saturated rings. The van der Waals surface area contributed by atoms with E-state index in [-0.39, 0.29) is 0 Å². The Labute approximate surface area is 98.2 Å². The van der Waals surface area contributed by atoms with Gasteiger partial charge in [0.2, 0.25) is 0 Å². The summed E-state index contributed by atoms with van der Waals surface area (Å²) in [6, 6.07) is 1.61. The lowest BCUT2D eigenvalue weighted by molar-refractivity contribution is 0.195. The summed E-state index contributed by atoms with van der Waals surface area (Å²) in [5, 5.41) is 3.65. The number of rotatable bonds is 2. The smallest absolute Gasteiger partial charge is 0.0192 e. The van der Waals surface area contributed by atoms with E-state index < -0.39 is 0 Å². The first-order valence-corrected chi connectivity index (χ1v) is 7.61. The molecule has 2 aliphatic heterocycles. The van der Waals surface area contributed by atoms with Crippen LogP contribution in [0, 0.1) is 0 Å². The number of hydrogen-bond acceptors (Lipinski definition) is 3. The maximum Gasteiger partial charge on any atom is 0.0192 e. The Kier molecular flexibility index (Phi) is 4.79. The molecule has 1 N–H and O–H groups in total. The molecule has 0 amide bonds.